The van der Waals surface area contributed by atoms with Crippen LogP contribution in [-0.4, -0.2) is 156 Å². The minimum Gasteiger partial charge on any atom is -0.493 e. The number of nitrogens with zero attached hydrogens (tertiary/aromatic N) is 5. The van der Waals surface area contributed by atoms with Crippen molar-refractivity contribution in [1.82, 2.24) is 25.3 Å². The van der Waals surface area contributed by atoms with Crippen LogP contribution in [0.1, 0.15) is 111 Å². The summed E-state index contributed by atoms with van der Waals surface area (Å²) in [5.41, 5.74) is 3.69. The van der Waals surface area contributed by atoms with E-state index in [4.69, 9.17) is 23.7 Å². The molecule has 3 aromatic carbocycles. The van der Waals surface area contributed by atoms with Gasteiger partial charge in [-0.1, -0.05) is 56.7 Å². The fourth-order valence-electron chi connectivity index (χ4n) is 10.5. The van der Waals surface area contributed by atoms with E-state index in [1.807, 2.05) is 0 Å². The second-order valence-corrected chi connectivity index (χ2v) is 22.1. The Morgan fingerprint density at radius 2 is 1.39 bits per heavy atom. The van der Waals surface area contributed by atoms with Gasteiger partial charge >= 0.3 is 6.09 Å². The maximum absolute atomic E-state index is 14.2. The number of thiol groups is 1. The predicted molar refractivity (Wildman–Crippen MR) is 307 cm³/mol. The monoisotopic (exact) mass is 1150 g/mol. The summed E-state index contributed by atoms with van der Waals surface area (Å²) >= 11 is 4.14. The molecule has 8 amide bonds. The van der Waals surface area contributed by atoms with E-state index in [1.165, 1.54) is 43.1 Å². The van der Waals surface area contributed by atoms with E-state index in [1.54, 1.807) is 61.4 Å². The molecular formula is C59H72N8O14S. The minimum atomic E-state index is -1.53. The molecule has 1 unspecified atom stereocenters. The molecule has 23 heteroatoms. The number of hydrogen-bond donors (Lipinski definition) is 5. The number of aliphatic hydroxyl groups excluding tert-OH is 1. The molecule has 6 atom stereocenters. The summed E-state index contributed by atoms with van der Waals surface area (Å²) in [5.74, 6) is -1.47. The highest BCUT2D eigenvalue weighted by atomic mass is 32.1. The first-order chi connectivity index (χ1) is 39.3. The molecule has 5 aliphatic rings. The Bertz CT molecular complexity index is 3020. The van der Waals surface area contributed by atoms with E-state index in [9.17, 15) is 43.5 Å². The van der Waals surface area contributed by atoms with Crippen LogP contribution in [0.25, 0.3) is 0 Å². The van der Waals surface area contributed by atoms with Gasteiger partial charge in [-0.3, -0.25) is 43.5 Å². The summed E-state index contributed by atoms with van der Waals surface area (Å²) in [7, 11) is 2.96. The average Bonchev–Trinajstić information content (AvgIpc) is 4.14. The van der Waals surface area contributed by atoms with Gasteiger partial charge in [0.1, 0.15) is 18.7 Å². The lowest BCUT2D eigenvalue weighted by Gasteiger charge is -2.31. The molecule has 8 rings (SSSR count). The van der Waals surface area contributed by atoms with Crippen LogP contribution >= 0.6 is 12.6 Å². The average molecular weight is 1150 g/mol. The van der Waals surface area contributed by atoms with Gasteiger partial charge in [0.15, 0.2) is 29.2 Å². The standard InChI is InChI=1S/C59H72N8O14S/c1-33(2)52(63-50(68)14-10-8-11-19-64-51(69)28-49(82)58(64)75)54(71)61-36(5)53(70)62-38-17-15-37(16-18-38)32-81-59(76)67-43-27-48(46(78-7)25-41(43)56(73)66-31-35(4)23-44(66)57(67)74)80-21-13-9-12-20-79-47-26-42-40(24-45(47)77-6)55(72)65-30-34(3)22-39(65)29-60-42/h15-18,24-27,29,33,36,39,44,49,52,57,74,82H,3-4,8-14,19-23,28,30-32H2,1-2,5-7H3,(H,61,71)(H,62,70)(H,63,68)/t36-,39-,44-,49?,52-,57-/m0/s1. The van der Waals surface area contributed by atoms with Crippen molar-refractivity contribution in [3.8, 4) is 23.0 Å². The van der Waals surface area contributed by atoms with E-state index < -0.39 is 53.4 Å². The molecule has 3 aromatic rings. The van der Waals surface area contributed by atoms with Crippen LogP contribution in [0.3, 0.4) is 0 Å². The van der Waals surface area contributed by atoms with Crippen molar-refractivity contribution >= 4 is 83.3 Å². The number of imide groups is 1. The minimum absolute atomic E-state index is 0.0621. The van der Waals surface area contributed by atoms with Crippen molar-refractivity contribution < 1.29 is 67.1 Å². The van der Waals surface area contributed by atoms with E-state index in [0.717, 1.165) is 10.5 Å². The molecule has 3 fully saturated rings. The number of amides is 8. The Kier molecular flexibility index (Phi) is 19.7. The van der Waals surface area contributed by atoms with Crippen LogP contribution in [0.2, 0.25) is 0 Å². The van der Waals surface area contributed by atoms with Crippen molar-refractivity contribution in [2.45, 2.75) is 127 Å². The highest BCUT2D eigenvalue weighted by Gasteiger charge is 2.47. The van der Waals surface area contributed by atoms with Gasteiger partial charge < -0.3 is 54.5 Å². The van der Waals surface area contributed by atoms with Gasteiger partial charge in [-0.25, -0.2) is 9.69 Å². The molecule has 0 saturated carbocycles. The Morgan fingerprint density at radius 1 is 0.756 bits per heavy atom. The lowest BCUT2D eigenvalue weighted by Crippen LogP contribution is -2.53. The zero-order valence-corrected chi connectivity index (χ0v) is 47.8. The zero-order valence-electron chi connectivity index (χ0n) is 46.9. The topological polar surface area (TPSA) is 264 Å². The first kappa shape index (κ1) is 60.2. The second kappa shape index (κ2) is 26.8. The van der Waals surface area contributed by atoms with Crippen LogP contribution in [0.5, 0.6) is 23.0 Å². The molecule has 0 aliphatic carbocycles. The maximum atomic E-state index is 14.2. The van der Waals surface area contributed by atoms with Crippen LogP contribution in [0, 0.1) is 5.92 Å². The van der Waals surface area contributed by atoms with Crippen molar-refractivity contribution in [3.05, 3.63) is 89.5 Å². The number of likely N-dealkylation sites (tertiary alicyclic amines) is 1. The molecule has 438 valence electrons. The predicted octanol–water partition coefficient (Wildman–Crippen LogP) is 6.27. The molecule has 22 nitrogen and oxygen atoms in total. The smallest absolute Gasteiger partial charge is 0.416 e. The number of methoxy groups -OCH3 is 2. The molecule has 0 radical (unpaired) electrons. The van der Waals surface area contributed by atoms with E-state index in [-0.39, 0.29) is 104 Å². The van der Waals surface area contributed by atoms with E-state index in [0.29, 0.717) is 97.7 Å². The van der Waals surface area contributed by atoms with Gasteiger partial charge in [0, 0.05) is 56.5 Å². The summed E-state index contributed by atoms with van der Waals surface area (Å²) < 4.78 is 29.4. The van der Waals surface area contributed by atoms with Gasteiger partial charge in [-0.15, -0.1) is 0 Å². The number of rotatable bonds is 24. The number of nitrogens with one attached hydrogen (secondary N) is 3. The first-order valence-corrected chi connectivity index (χ1v) is 28.1. The highest BCUT2D eigenvalue weighted by Crippen LogP contribution is 2.43. The van der Waals surface area contributed by atoms with Gasteiger partial charge in [-0.05, 0) is 87.6 Å². The third kappa shape index (κ3) is 13.9. The maximum Gasteiger partial charge on any atom is 0.416 e. The first-order valence-electron chi connectivity index (χ1n) is 27.6. The number of carbonyl (C=O) groups is 8. The van der Waals surface area contributed by atoms with Crippen LogP contribution in [0.4, 0.5) is 21.9 Å². The van der Waals surface area contributed by atoms with Gasteiger partial charge in [0.2, 0.25) is 29.5 Å². The number of aliphatic hydroxyl groups is 1. The summed E-state index contributed by atoms with van der Waals surface area (Å²) in [6, 6.07) is 9.95. The van der Waals surface area contributed by atoms with E-state index in [2.05, 4.69) is 46.7 Å². The molecule has 0 spiro atoms. The molecule has 5 aliphatic heterocycles. The zero-order chi connectivity index (χ0) is 58.9. The molecule has 0 bridgehead atoms. The number of anilines is 2. The molecular weight excluding hydrogens is 1080 g/mol. The Hall–Kier alpha value is -7.92. The fourth-order valence-corrected chi connectivity index (χ4v) is 10.8. The third-order valence-corrected chi connectivity index (χ3v) is 15.4. The Labute approximate surface area is 481 Å². The van der Waals surface area contributed by atoms with Crippen LogP contribution in [-0.2, 0) is 35.3 Å². The summed E-state index contributed by atoms with van der Waals surface area (Å²) in [6.07, 6.45) is 3.99. The fraction of sp³-hybridized carbons (Fsp3) is 0.475. The Morgan fingerprint density at radius 3 is 2.05 bits per heavy atom. The molecule has 3 saturated heterocycles. The van der Waals surface area contributed by atoms with Crippen molar-refractivity contribution in [2.75, 3.05) is 57.3 Å². The lowest BCUT2D eigenvalue weighted by molar-refractivity contribution is -0.138. The highest BCUT2D eigenvalue weighted by molar-refractivity contribution is 7.81. The van der Waals surface area contributed by atoms with Gasteiger partial charge in [0.25, 0.3) is 11.8 Å². The largest absolute Gasteiger partial charge is 0.493 e. The number of aliphatic imine (C=N–C) groups is 1. The van der Waals surface area contributed by atoms with Gasteiger partial charge in [0.05, 0.1) is 67.3 Å². The lowest BCUT2D eigenvalue weighted by atomic mass is 10.0. The molecule has 4 N–H and O–H groups in total. The van der Waals surface area contributed by atoms with Crippen molar-refractivity contribution in [1.29, 1.82) is 0 Å². The summed E-state index contributed by atoms with van der Waals surface area (Å²) in [6.45, 7) is 14.4. The van der Waals surface area contributed by atoms with E-state index >= 15 is 0 Å². The summed E-state index contributed by atoms with van der Waals surface area (Å²) in [4.78, 5) is 115. The quantitative estimate of drug-likeness (QED) is 0.0287. The molecule has 5 heterocycles. The normalized spacial score (nSPS) is 19.9. The number of hydrogen-bond acceptors (Lipinski definition) is 16. The number of ether oxygens (including phenoxy) is 5. The molecule has 0 aromatic heterocycles. The van der Waals surface area contributed by atoms with Crippen LogP contribution < -0.4 is 39.8 Å². The number of unbranched alkanes of at least 4 members (excludes halogenated alkanes) is 4. The second-order valence-electron chi connectivity index (χ2n) is 21.4. The SMILES string of the molecule is C=C1C[C@H]2C=Nc3cc(OCCCCCOc4cc5c(cc4OC)C(=O)N4CC(=C)C[C@H]4[C@H](O)N5C(=O)OCc4ccc(NC(=O)[C@H](C)NC(=O)[C@@H](NC(=O)CCCCCN5C(=O)CC(S)C5=O)C(C)C)cc4)c(OC)cc3C(=O)N2C1. The molecule has 82 heavy (non-hydrogen) atoms. The number of benzene rings is 3. The van der Waals surface area contributed by atoms with Gasteiger partial charge in [-0.2, -0.15) is 12.6 Å². The van der Waals surface area contributed by atoms with Crippen LogP contribution in [0.15, 0.2) is 77.8 Å². The van der Waals surface area contributed by atoms with Crippen molar-refractivity contribution in [2.24, 2.45) is 10.9 Å². The number of carbonyl (C=O) groups excluding carboxylic acids is 8. The third-order valence-electron chi connectivity index (χ3n) is 15.0. The Balaban J connectivity index is 0.825. The van der Waals surface area contributed by atoms with Crippen molar-refractivity contribution in [3.63, 3.8) is 0 Å². The summed E-state index contributed by atoms with van der Waals surface area (Å²) in [5, 5.41) is 19.5. The number of fused-ring (bicyclic) bond motifs is 4.